The summed E-state index contributed by atoms with van der Waals surface area (Å²) in [6.45, 7) is 3.91. The van der Waals surface area contributed by atoms with Crippen LogP contribution in [0.15, 0.2) is 0 Å². The first-order valence-corrected chi connectivity index (χ1v) is 2.58. The largest absolute Gasteiger partial charge is 0.197 e. The molecule has 2 nitrogen and oxygen atoms in total. The molecular weight excluding hydrogens is 90.1 g/mol. The Labute approximate surface area is 44.1 Å². The van der Waals surface area contributed by atoms with Gasteiger partial charge in [0.05, 0.1) is 0 Å². The number of hydrogen-bond acceptors (Lipinski definition) is 1. The molecule has 0 amide bonds. The van der Waals surface area contributed by atoms with Gasteiger partial charge in [-0.2, -0.15) is 0 Å². The van der Waals surface area contributed by atoms with E-state index < -0.39 is 0 Å². The van der Waals surface area contributed by atoms with Gasteiger partial charge >= 0.3 is 0 Å². The summed E-state index contributed by atoms with van der Waals surface area (Å²) in [7, 11) is 1.55. The normalized spacial score (nSPS) is 13.6. The molecule has 1 unspecified atom stereocenters. The summed E-state index contributed by atoms with van der Waals surface area (Å²) >= 11 is 0. The topological polar surface area (TPSA) is 20.1 Å². The van der Waals surface area contributed by atoms with E-state index in [4.69, 9.17) is 0 Å². The highest BCUT2D eigenvalue weighted by molar-refractivity contribution is 4.36. The van der Waals surface area contributed by atoms with E-state index in [-0.39, 0.29) is 6.04 Å². The van der Waals surface area contributed by atoms with Crippen molar-refractivity contribution < 1.29 is 4.76 Å². The average molecular weight is 102 g/mol. The molecule has 0 fully saturated rings. The second-order valence-corrected chi connectivity index (χ2v) is 1.80. The Morgan fingerprint density at radius 3 is 2.14 bits per heavy atom. The molecule has 0 aromatic heterocycles. The summed E-state index contributed by atoms with van der Waals surface area (Å²) in [4.78, 5) is 10.3. The SMILES string of the molecule is CCC(C)[N+](C)=O. The van der Waals surface area contributed by atoms with Gasteiger partial charge in [0, 0.05) is 18.3 Å². The summed E-state index contributed by atoms with van der Waals surface area (Å²) in [5.74, 6) is 0. The first kappa shape index (κ1) is 6.60. The Morgan fingerprint density at radius 2 is 2.14 bits per heavy atom. The first-order chi connectivity index (χ1) is 3.18. The van der Waals surface area contributed by atoms with Gasteiger partial charge < -0.3 is 0 Å². The van der Waals surface area contributed by atoms with Crippen LogP contribution in [0.25, 0.3) is 0 Å². The zero-order valence-electron chi connectivity index (χ0n) is 5.14. The van der Waals surface area contributed by atoms with Crippen molar-refractivity contribution in [2.75, 3.05) is 7.05 Å². The van der Waals surface area contributed by atoms with Gasteiger partial charge in [0.15, 0.2) is 13.1 Å². The molecule has 0 aliphatic carbocycles. The molecule has 2 heteroatoms. The molecule has 0 aromatic rings. The lowest BCUT2D eigenvalue weighted by Gasteiger charge is -1.91. The Bertz CT molecular complexity index is 70.5. The lowest BCUT2D eigenvalue weighted by atomic mass is 10.3. The summed E-state index contributed by atoms with van der Waals surface area (Å²) in [6.07, 6.45) is 0.931. The van der Waals surface area contributed by atoms with Crippen molar-refractivity contribution >= 4 is 0 Å². The zero-order chi connectivity index (χ0) is 5.86. The molecule has 0 spiro atoms. The van der Waals surface area contributed by atoms with E-state index >= 15 is 0 Å². The van der Waals surface area contributed by atoms with E-state index in [0.717, 1.165) is 11.2 Å². The van der Waals surface area contributed by atoms with Gasteiger partial charge in [-0.15, -0.1) is 0 Å². The van der Waals surface area contributed by atoms with Gasteiger partial charge in [-0.05, 0) is 4.76 Å². The predicted molar refractivity (Wildman–Crippen MR) is 29.3 cm³/mol. The van der Waals surface area contributed by atoms with Crippen LogP contribution in [0, 0.1) is 4.91 Å². The van der Waals surface area contributed by atoms with Crippen LogP contribution < -0.4 is 0 Å². The fourth-order valence-corrected chi connectivity index (χ4v) is 0.257. The van der Waals surface area contributed by atoms with Crippen LogP contribution in [0.1, 0.15) is 20.3 Å². The molecular formula is C5H12NO+. The molecule has 0 N–H and O–H groups in total. The summed E-state index contributed by atoms with van der Waals surface area (Å²) in [5.41, 5.74) is 0. The molecule has 0 heterocycles. The molecule has 0 aliphatic rings. The Kier molecular flexibility index (Phi) is 2.56. The molecule has 0 aromatic carbocycles. The van der Waals surface area contributed by atoms with Crippen molar-refractivity contribution in [1.29, 1.82) is 0 Å². The Balaban J connectivity index is 3.34. The monoisotopic (exact) mass is 102 g/mol. The Hall–Kier alpha value is -0.400. The van der Waals surface area contributed by atoms with Crippen LogP contribution in [-0.4, -0.2) is 17.8 Å². The molecule has 0 bridgehead atoms. The fourth-order valence-electron chi connectivity index (χ4n) is 0.257. The van der Waals surface area contributed by atoms with Crippen LogP contribution in [-0.2, 0) is 0 Å². The van der Waals surface area contributed by atoms with Crippen molar-refractivity contribution in [3.05, 3.63) is 4.91 Å². The maximum Gasteiger partial charge on any atom is 0.197 e. The van der Waals surface area contributed by atoms with Crippen molar-refractivity contribution in [3.63, 3.8) is 0 Å². The lowest BCUT2D eigenvalue weighted by Crippen LogP contribution is -2.14. The third kappa shape index (κ3) is 2.31. The second kappa shape index (κ2) is 2.72. The van der Waals surface area contributed by atoms with Gasteiger partial charge in [0.2, 0.25) is 0 Å². The van der Waals surface area contributed by atoms with E-state index in [2.05, 4.69) is 0 Å². The predicted octanol–water partition coefficient (Wildman–Crippen LogP) is 1.19. The van der Waals surface area contributed by atoms with Gasteiger partial charge in [0.25, 0.3) is 0 Å². The third-order valence-electron chi connectivity index (χ3n) is 1.21. The second-order valence-electron chi connectivity index (χ2n) is 1.80. The van der Waals surface area contributed by atoms with E-state index in [1.54, 1.807) is 7.05 Å². The molecule has 0 rings (SSSR count). The molecule has 7 heavy (non-hydrogen) atoms. The highest BCUT2D eigenvalue weighted by Crippen LogP contribution is 1.89. The van der Waals surface area contributed by atoms with Gasteiger partial charge in [0.1, 0.15) is 0 Å². The Morgan fingerprint density at radius 1 is 1.71 bits per heavy atom. The van der Waals surface area contributed by atoms with Crippen LogP contribution in [0.5, 0.6) is 0 Å². The van der Waals surface area contributed by atoms with Crippen molar-refractivity contribution in [3.8, 4) is 0 Å². The maximum absolute atomic E-state index is 10.3. The standard InChI is InChI=1S/C5H12NO/c1-4-5(2)6(3)7/h5H,4H2,1-3H3/q+1. The third-order valence-corrected chi connectivity index (χ3v) is 1.21. The van der Waals surface area contributed by atoms with Crippen molar-refractivity contribution in [2.45, 2.75) is 26.3 Å². The fraction of sp³-hybridized carbons (Fsp3) is 1.00. The minimum absolute atomic E-state index is 0.181. The number of nitroso groups, excluding NO2 is 1. The molecule has 0 saturated heterocycles. The van der Waals surface area contributed by atoms with Gasteiger partial charge in [-0.3, -0.25) is 0 Å². The van der Waals surface area contributed by atoms with Crippen LogP contribution in [0.2, 0.25) is 0 Å². The first-order valence-electron chi connectivity index (χ1n) is 2.58. The smallest absolute Gasteiger partial charge is 0.0589 e. The van der Waals surface area contributed by atoms with Crippen LogP contribution in [0.3, 0.4) is 0 Å². The maximum atomic E-state index is 10.3. The zero-order valence-corrected chi connectivity index (χ0v) is 5.14. The van der Waals surface area contributed by atoms with Gasteiger partial charge in [-0.1, -0.05) is 6.92 Å². The van der Waals surface area contributed by atoms with E-state index in [1.165, 1.54) is 0 Å². The minimum atomic E-state index is 0.181. The molecule has 0 saturated carbocycles. The van der Waals surface area contributed by atoms with Crippen LogP contribution in [0.4, 0.5) is 0 Å². The minimum Gasteiger partial charge on any atom is -0.0589 e. The molecule has 0 radical (unpaired) electrons. The van der Waals surface area contributed by atoms with Gasteiger partial charge in [-0.25, -0.2) is 0 Å². The number of hydrogen-bond donors (Lipinski definition) is 0. The average Bonchev–Trinajstić information content (AvgIpc) is 1.65. The summed E-state index contributed by atoms with van der Waals surface area (Å²) < 4.78 is 0.972. The highest BCUT2D eigenvalue weighted by atomic mass is 16.3. The summed E-state index contributed by atoms with van der Waals surface area (Å²) in [6, 6.07) is 0.181. The quantitative estimate of drug-likeness (QED) is 0.479. The van der Waals surface area contributed by atoms with Crippen molar-refractivity contribution in [1.82, 2.24) is 0 Å². The summed E-state index contributed by atoms with van der Waals surface area (Å²) in [5, 5.41) is 0. The lowest BCUT2D eigenvalue weighted by molar-refractivity contribution is -0.554. The van der Waals surface area contributed by atoms with E-state index in [0.29, 0.717) is 0 Å². The molecule has 0 aliphatic heterocycles. The highest BCUT2D eigenvalue weighted by Gasteiger charge is 2.08. The number of rotatable bonds is 2. The van der Waals surface area contributed by atoms with E-state index in [9.17, 15) is 4.91 Å². The van der Waals surface area contributed by atoms with Crippen LogP contribution >= 0.6 is 0 Å². The van der Waals surface area contributed by atoms with Crippen molar-refractivity contribution in [2.24, 2.45) is 0 Å². The number of nitrogens with zero attached hydrogens (tertiary/aromatic N) is 1. The van der Waals surface area contributed by atoms with E-state index in [1.807, 2.05) is 13.8 Å². The molecule has 1 atom stereocenters. The molecule has 42 valence electrons.